The summed E-state index contributed by atoms with van der Waals surface area (Å²) in [6.07, 6.45) is 5.00. The number of aromatic amines is 2. The van der Waals surface area contributed by atoms with Gasteiger partial charge in [0.15, 0.2) is 6.04 Å². The lowest BCUT2D eigenvalue weighted by Crippen LogP contribution is -2.42. The molecule has 3 amide bonds. The predicted molar refractivity (Wildman–Crippen MR) is 224 cm³/mol. The van der Waals surface area contributed by atoms with Gasteiger partial charge in [0.05, 0.1) is 48.4 Å². The van der Waals surface area contributed by atoms with Crippen molar-refractivity contribution in [2.45, 2.75) is 70.1 Å². The average molecular weight is 799 g/mol. The smallest absolute Gasteiger partial charge is 0.407 e. The lowest BCUT2D eigenvalue weighted by molar-refractivity contribution is -0.188. The Bertz CT molecular complexity index is 2400. The van der Waals surface area contributed by atoms with Gasteiger partial charge in [-0.25, -0.2) is 19.8 Å². The summed E-state index contributed by atoms with van der Waals surface area (Å²) in [6, 6.07) is 29.3. The van der Waals surface area contributed by atoms with E-state index in [-0.39, 0.29) is 23.9 Å². The maximum absolute atomic E-state index is 13.5. The summed E-state index contributed by atoms with van der Waals surface area (Å²) in [5, 5.41) is 2.68. The van der Waals surface area contributed by atoms with Crippen LogP contribution < -0.4 is 5.32 Å². The van der Waals surface area contributed by atoms with E-state index in [1.807, 2.05) is 90.7 Å². The summed E-state index contributed by atoms with van der Waals surface area (Å²) >= 11 is 0. The minimum absolute atomic E-state index is 0.0747. The molecule has 0 bridgehead atoms. The number of aromatic nitrogens is 4. The standard InChI is InChI=1S/C23H26N4O3.C22H24N4O3/c1-3-16-11-12-18-19(14-16)26-22(25-18)20-10-7-13-27(20)23(28)21(24-15-30-29-2)17-8-5-4-6-9-17;1-14-10-11-16-17(13-14)24-20(23-16)18-9-6-12-26(18)21(27)19(25-22(28)29-2)15-7-4-3-5-8-15/h4-6,8-9,11-12,14-15,20-21H,3,7,10,13H2,1-2H3,(H,25,26);3-5,7-8,10-11,13,18-19H,6,9,12H2,1-2H3,(H,23,24)(H,25,28)/t20-,21+;18-,19+/m00/s1. The van der Waals surface area contributed by atoms with E-state index in [0.29, 0.717) is 18.7 Å². The SMILES string of the molecule is CCc1ccc2nc([C@@H]3CCCN3C(=O)[C@H](N=COOC)c3ccccc3)[nH]c2c1.COC(=O)N[C@@H](C(=O)N1CCC[C@H]1c1nc2ccc(C)cc2[nH]1)c1ccccc1. The molecule has 0 saturated carbocycles. The highest BCUT2D eigenvalue weighted by molar-refractivity contribution is 5.88. The number of imidazole rings is 2. The Morgan fingerprint density at radius 3 is 1.97 bits per heavy atom. The van der Waals surface area contributed by atoms with Crippen molar-refractivity contribution in [2.24, 2.45) is 4.99 Å². The number of amides is 3. The molecule has 2 aromatic heterocycles. The zero-order valence-electron chi connectivity index (χ0n) is 33.8. The van der Waals surface area contributed by atoms with Gasteiger partial charge in [0.1, 0.15) is 17.7 Å². The van der Waals surface area contributed by atoms with E-state index in [1.165, 1.54) is 26.2 Å². The number of rotatable bonds is 11. The van der Waals surface area contributed by atoms with Crippen LogP contribution >= 0.6 is 0 Å². The second-order valence-corrected chi connectivity index (χ2v) is 14.7. The van der Waals surface area contributed by atoms with Crippen molar-refractivity contribution in [1.82, 2.24) is 35.1 Å². The molecule has 14 heteroatoms. The molecule has 59 heavy (non-hydrogen) atoms. The molecule has 4 aromatic carbocycles. The Balaban J connectivity index is 0.000000179. The number of methoxy groups -OCH3 is 1. The molecular formula is C45H50N8O6. The number of alkyl carbamates (subject to hydrolysis) is 1. The number of nitrogens with zero attached hydrogens (tertiary/aromatic N) is 5. The fourth-order valence-electron chi connectivity index (χ4n) is 7.87. The molecule has 6 aromatic rings. The molecule has 2 fully saturated rings. The lowest BCUT2D eigenvalue weighted by atomic mass is 10.1. The number of ether oxygens (including phenoxy) is 1. The summed E-state index contributed by atoms with van der Waals surface area (Å²) in [7, 11) is 2.68. The van der Waals surface area contributed by atoms with Crippen LogP contribution in [0.5, 0.6) is 0 Å². The monoisotopic (exact) mass is 798 g/mol. The summed E-state index contributed by atoms with van der Waals surface area (Å²) in [5.74, 6) is 1.37. The van der Waals surface area contributed by atoms with Gasteiger partial charge in [0.25, 0.3) is 11.8 Å². The second-order valence-electron chi connectivity index (χ2n) is 14.7. The van der Waals surface area contributed by atoms with E-state index < -0.39 is 18.2 Å². The highest BCUT2D eigenvalue weighted by Crippen LogP contribution is 2.36. The van der Waals surface area contributed by atoms with E-state index in [2.05, 4.69) is 50.3 Å². The molecule has 0 aliphatic carbocycles. The third kappa shape index (κ3) is 9.28. The summed E-state index contributed by atoms with van der Waals surface area (Å²) in [5.41, 5.74) is 7.72. The number of aliphatic imine (C=N–C) groups is 1. The van der Waals surface area contributed by atoms with Crippen LogP contribution in [-0.4, -0.2) is 81.4 Å². The number of benzene rings is 4. The van der Waals surface area contributed by atoms with Gasteiger partial charge in [-0.05, 0) is 85.5 Å². The molecule has 0 spiro atoms. The van der Waals surface area contributed by atoms with E-state index in [1.54, 1.807) is 4.90 Å². The van der Waals surface area contributed by atoms with Crippen molar-refractivity contribution in [3.63, 3.8) is 0 Å². The third-order valence-electron chi connectivity index (χ3n) is 10.9. The summed E-state index contributed by atoms with van der Waals surface area (Å²) in [6.45, 7) is 5.46. The normalized spacial score (nSPS) is 17.5. The Kier molecular flexibility index (Phi) is 13.0. The minimum atomic E-state index is -0.809. The first-order valence-electron chi connectivity index (χ1n) is 20.0. The molecule has 4 heterocycles. The van der Waals surface area contributed by atoms with Gasteiger partial charge >= 0.3 is 6.09 Å². The Morgan fingerprint density at radius 1 is 0.797 bits per heavy atom. The zero-order valence-corrected chi connectivity index (χ0v) is 33.8. The van der Waals surface area contributed by atoms with E-state index >= 15 is 0 Å². The van der Waals surface area contributed by atoms with Crippen molar-refractivity contribution in [1.29, 1.82) is 0 Å². The first-order chi connectivity index (χ1) is 28.8. The highest BCUT2D eigenvalue weighted by atomic mass is 17.2. The third-order valence-corrected chi connectivity index (χ3v) is 10.9. The molecule has 8 rings (SSSR count). The zero-order chi connectivity index (χ0) is 41.3. The molecule has 306 valence electrons. The van der Waals surface area contributed by atoms with Crippen LogP contribution in [0, 0.1) is 6.92 Å². The van der Waals surface area contributed by atoms with Gasteiger partial charge in [-0.15, -0.1) is 0 Å². The number of likely N-dealkylation sites (tertiary alicyclic amines) is 2. The number of carbonyl (C=O) groups excluding carboxylic acids is 3. The van der Waals surface area contributed by atoms with Crippen LogP contribution in [0.4, 0.5) is 4.79 Å². The molecule has 2 aliphatic heterocycles. The van der Waals surface area contributed by atoms with Gasteiger partial charge in [0.2, 0.25) is 6.40 Å². The quantitative estimate of drug-likeness (QED) is 0.0518. The fourth-order valence-corrected chi connectivity index (χ4v) is 7.87. The number of hydrogen-bond acceptors (Lipinski definition) is 9. The van der Waals surface area contributed by atoms with Gasteiger partial charge in [0, 0.05) is 13.1 Å². The van der Waals surface area contributed by atoms with Crippen molar-refractivity contribution < 1.29 is 28.9 Å². The molecule has 0 radical (unpaired) electrons. The maximum atomic E-state index is 13.5. The Labute approximate surface area is 342 Å². The second kappa shape index (κ2) is 18.8. The van der Waals surface area contributed by atoms with E-state index in [9.17, 15) is 14.4 Å². The summed E-state index contributed by atoms with van der Waals surface area (Å²) < 4.78 is 4.74. The van der Waals surface area contributed by atoms with Gasteiger partial charge in [-0.1, -0.05) is 79.7 Å². The van der Waals surface area contributed by atoms with Crippen LogP contribution in [0.15, 0.2) is 102 Å². The van der Waals surface area contributed by atoms with E-state index in [0.717, 1.165) is 76.9 Å². The van der Waals surface area contributed by atoms with Crippen molar-refractivity contribution in [3.05, 3.63) is 131 Å². The summed E-state index contributed by atoms with van der Waals surface area (Å²) in [4.78, 5) is 72.6. The number of carbonyl (C=O) groups is 3. The van der Waals surface area contributed by atoms with Crippen molar-refractivity contribution in [3.8, 4) is 0 Å². The number of fused-ring (bicyclic) bond motifs is 2. The molecule has 14 nitrogen and oxygen atoms in total. The highest BCUT2D eigenvalue weighted by Gasteiger charge is 2.38. The predicted octanol–water partition coefficient (Wildman–Crippen LogP) is 7.77. The average Bonchev–Trinajstić information content (AvgIpc) is 4.10. The number of H-pyrrole nitrogens is 2. The molecule has 0 unspecified atom stereocenters. The fraction of sp³-hybridized carbons (Fsp3) is 0.333. The molecule has 2 saturated heterocycles. The maximum Gasteiger partial charge on any atom is 0.407 e. The van der Waals surface area contributed by atoms with E-state index in [4.69, 9.17) is 19.6 Å². The van der Waals surface area contributed by atoms with Crippen LogP contribution in [0.1, 0.15) is 90.7 Å². The largest absolute Gasteiger partial charge is 0.453 e. The number of nitrogens with one attached hydrogen (secondary N) is 3. The Hall–Kier alpha value is -6.54. The molecule has 2 aliphatic rings. The van der Waals surface area contributed by atoms with Crippen LogP contribution in [-0.2, 0) is 30.5 Å². The van der Waals surface area contributed by atoms with Crippen molar-refractivity contribution in [2.75, 3.05) is 27.3 Å². The van der Waals surface area contributed by atoms with Crippen LogP contribution in [0.3, 0.4) is 0 Å². The molecule has 4 atom stereocenters. The van der Waals surface area contributed by atoms with Crippen LogP contribution in [0.2, 0.25) is 0 Å². The Morgan fingerprint density at radius 2 is 1.37 bits per heavy atom. The number of hydrogen-bond donors (Lipinski definition) is 3. The topological polar surface area (TPSA) is 167 Å². The lowest BCUT2D eigenvalue weighted by Gasteiger charge is -2.28. The van der Waals surface area contributed by atoms with Gasteiger partial charge in [-0.2, -0.15) is 4.89 Å². The van der Waals surface area contributed by atoms with Crippen LogP contribution in [0.25, 0.3) is 22.1 Å². The van der Waals surface area contributed by atoms with Gasteiger partial charge < -0.3 is 34.7 Å². The minimum Gasteiger partial charge on any atom is -0.453 e. The first kappa shape index (κ1) is 40.6. The first-order valence-corrected chi connectivity index (χ1v) is 20.0. The van der Waals surface area contributed by atoms with Gasteiger partial charge in [-0.3, -0.25) is 9.59 Å². The molecule has 3 N–H and O–H groups in total. The number of aryl methyl sites for hydroxylation is 2. The van der Waals surface area contributed by atoms with Crippen molar-refractivity contribution >= 4 is 46.4 Å². The molecular weight excluding hydrogens is 749 g/mol.